The maximum atomic E-state index is 6.09. The van der Waals surface area contributed by atoms with Crippen LogP contribution >= 0.6 is 27.5 Å². The van der Waals surface area contributed by atoms with Gasteiger partial charge >= 0.3 is 0 Å². The Morgan fingerprint density at radius 2 is 2.00 bits per heavy atom. The molecule has 0 aromatic heterocycles. The summed E-state index contributed by atoms with van der Waals surface area (Å²) in [6, 6.07) is 14.4. The van der Waals surface area contributed by atoms with Crippen LogP contribution in [-0.2, 0) is 6.42 Å². The van der Waals surface area contributed by atoms with E-state index in [1.165, 1.54) is 16.7 Å². The molecule has 0 N–H and O–H groups in total. The van der Waals surface area contributed by atoms with Gasteiger partial charge in [0, 0.05) is 10.4 Å². The van der Waals surface area contributed by atoms with Crippen molar-refractivity contribution in [1.29, 1.82) is 0 Å². The van der Waals surface area contributed by atoms with Crippen LogP contribution in [0.15, 0.2) is 42.5 Å². The SMILES string of the molecule is COc1ccc(C)cc1CC(CBr)c1cccc(Cl)c1. The number of alkyl halides is 1. The average Bonchev–Trinajstić information content (AvgIpc) is 2.45. The summed E-state index contributed by atoms with van der Waals surface area (Å²) < 4.78 is 5.46. The van der Waals surface area contributed by atoms with Crippen molar-refractivity contribution in [2.24, 2.45) is 0 Å². The van der Waals surface area contributed by atoms with Gasteiger partial charge < -0.3 is 4.74 Å². The Labute approximate surface area is 134 Å². The lowest BCUT2D eigenvalue weighted by Gasteiger charge is -2.17. The van der Waals surface area contributed by atoms with Crippen molar-refractivity contribution in [2.45, 2.75) is 19.3 Å². The van der Waals surface area contributed by atoms with Crippen LogP contribution in [-0.4, -0.2) is 12.4 Å². The molecule has 0 radical (unpaired) electrons. The number of methoxy groups -OCH3 is 1. The molecular weight excluding hydrogens is 336 g/mol. The molecule has 0 aliphatic rings. The minimum atomic E-state index is 0.379. The number of ether oxygens (including phenoxy) is 1. The first-order valence-corrected chi connectivity index (χ1v) is 8.09. The number of benzene rings is 2. The minimum Gasteiger partial charge on any atom is -0.496 e. The van der Waals surface area contributed by atoms with Crippen LogP contribution in [0.25, 0.3) is 0 Å². The van der Waals surface area contributed by atoms with E-state index in [-0.39, 0.29) is 0 Å². The number of halogens is 2. The quantitative estimate of drug-likeness (QED) is 0.656. The van der Waals surface area contributed by atoms with Crippen molar-refractivity contribution < 1.29 is 4.74 Å². The average molecular weight is 354 g/mol. The molecule has 2 aromatic carbocycles. The molecule has 0 amide bonds. The van der Waals surface area contributed by atoms with Gasteiger partial charge in [-0.1, -0.05) is 57.4 Å². The summed E-state index contributed by atoms with van der Waals surface area (Å²) >= 11 is 9.71. The lowest BCUT2D eigenvalue weighted by molar-refractivity contribution is 0.408. The second-order valence-corrected chi connectivity index (χ2v) is 6.01. The maximum absolute atomic E-state index is 6.09. The second kappa shape index (κ2) is 7.14. The normalized spacial score (nSPS) is 12.2. The first-order valence-electron chi connectivity index (χ1n) is 6.59. The molecule has 0 saturated heterocycles. The molecule has 0 spiro atoms. The third kappa shape index (κ3) is 3.77. The summed E-state index contributed by atoms with van der Waals surface area (Å²) in [5, 5.41) is 1.68. The zero-order chi connectivity index (χ0) is 14.5. The molecule has 2 aromatic rings. The summed E-state index contributed by atoms with van der Waals surface area (Å²) in [5.74, 6) is 1.33. The molecule has 0 bridgehead atoms. The second-order valence-electron chi connectivity index (χ2n) is 4.93. The number of rotatable bonds is 5. The van der Waals surface area contributed by atoms with Crippen LogP contribution in [0.5, 0.6) is 5.75 Å². The Bertz CT molecular complexity index is 583. The smallest absolute Gasteiger partial charge is 0.122 e. The zero-order valence-corrected chi connectivity index (χ0v) is 14.0. The van der Waals surface area contributed by atoms with Crippen LogP contribution in [0.1, 0.15) is 22.6 Å². The minimum absolute atomic E-state index is 0.379. The Morgan fingerprint density at radius 3 is 2.65 bits per heavy atom. The van der Waals surface area contributed by atoms with Gasteiger partial charge in [-0.25, -0.2) is 0 Å². The highest BCUT2D eigenvalue weighted by molar-refractivity contribution is 9.09. The van der Waals surface area contributed by atoms with Gasteiger partial charge in [-0.3, -0.25) is 0 Å². The highest BCUT2D eigenvalue weighted by atomic mass is 79.9. The van der Waals surface area contributed by atoms with E-state index in [0.29, 0.717) is 5.92 Å². The fraction of sp³-hybridized carbons (Fsp3) is 0.294. The summed E-state index contributed by atoms with van der Waals surface area (Å²) in [6.45, 7) is 2.10. The van der Waals surface area contributed by atoms with Gasteiger partial charge in [-0.2, -0.15) is 0 Å². The standard InChI is InChI=1S/C17H18BrClO/c1-12-6-7-17(20-2)14(8-12)9-15(11-18)13-4-3-5-16(19)10-13/h3-8,10,15H,9,11H2,1-2H3. The van der Waals surface area contributed by atoms with Crippen LogP contribution in [0.3, 0.4) is 0 Å². The predicted molar refractivity (Wildman–Crippen MR) is 89.4 cm³/mol. The van der Waals surface area contributed by atoms with E-state index in [9.17, 15) is 0 Å². The molecule has 0 heterocycles. The lowest BCUT2D eigenvalue weighted by Crippen LogP contribution is -2.06. The largest absolute Gasteiger partial charge is 0.496 e. The summed E-state index contributed by atoms with van der Waals surface area (Å²) in [5.41, 5.74) is 3.73. The molecule has 20 heavy (non-hydrogen) atoms. The molecule has 2 rings (SSSR count). The molecule has 1 unspecified atom stereocenters. The number of aryl methyl sites for hydroxylation is 1. The Kier molecular flexibility index (Phi) is 5.50. The predicted octanol–water partition coefficient (Wildman–Crippen LogP) is 5.38. The lowest BCUT2D eigenvalue weighted by atomic mass is 9.92. The molecule has 106 valence electrons. The van der Waals surface area contributed by atoms with Crippen LogP contribution in [0, 0.1) is 6.92 Å². The van der Waals surface area contributed by atoms with Gasteiger partial charge in [0.2, 0.25) is 0 Å². The molecular formula is C17H18BrClO. The van der Waals surface area contributed by atoms with Gasteiger partial charge in [0.05, 0.1) is 7.11 Å². The van der Waals surface area contributed by atoms with Crippen molar-refractivity contribution in [3.63, 3.8) is 0 Å². The zero-order valence-electron chi connectivity index (χ0n) is 11.7. The first-order chi connectivity index (χ1) is 9.63. The van der Waals surface area contributed by atoms with Gasteiger partial charge in [0.1, 0.15) is 5.75 Å². The third-order valence-corrected chi connectivity index (χ3v) is 4.43. The topological polar surface area (TPSA) is 9.23 Å². The fourth-order valence-electron chi connectivity index (χ4n) is 2.35. The number of hydrogen-bond acceptors (Lipinski definition) is 1. The highest BCUT2D eigenvalue weighted by Gasteiger charge is 2.14. The highest BCUT2D eigenvalue weighted by Crippen LogP contribution is 2.29. The van der Waals surface area contributed by atoms with Crippen LogP contribution in [0.4, 0.5) is 0 Å². The van der Waals surface area contributed by atoms with Crippen molar-refractivity contribution in [3.8, 4) is 5.75 Å². The third-order valence-electron chi connectivity index (χ3n) is 3.41. The molecule has 1 atom stereocenters. The Balaban J connectivity index is 2.28. The van der Waals surface area contributed by atoms with Crippen molar-refractivity contribution in [1.82, 2.24) is 0 Å². The fourth-order valence-corrected chi connectivity index (χ4v) is 3.16. The van der Waals surface area contributed by atoms with E-state index < -0.39 is 0 Å². The summed E-state index contributed by atoms with van der Waals surface area (Å²) in [4.78, 5) is 0. The molecule has 0 aliphatic carbocycles. The first kappa shape index (κ1) is 15.4. The molecule has 0 saturated carbocycles. The van der Waals surface area contributed by atoms with Crippen molar-refractivity contribution in [3.05, 3.63) is 64.2 Å². The maximum Gasteiger partial charge on any atom is 0.122 e. The van der Waals surface area contributed by atoms with Crippen LogP contribution in [0.2, 0.25) is 5.02 Å². The van der Waals surface area contributed by atoms with E-state index in [1.807, 2.05) is 24.3 Å². The summed E-state index contributed by atoms with van der Waals surface area (Å²) in [6.07, 6.45) is 0.927. The van der Waals surface area contributed by atoms with E-state index in [1.54, 1.807) is 7.11 Å². The van der Waals surface area contributed by atoms with Gasteiger partial charge in [-0.05, 0) is 48.6 Å². The molecule has 0 fully saturated rings. The van der Waals surface area contributed by atoms with E-state index in [0.717, 1.165) is 22.5 Å². The molecule has 0 aliphatic heterocycles. The van der Waals surface area contributed by atoms with Gasteiger partial charge in [-0.15, -0.1) is 0 Å². The van der Waals surface area contributed by atoms with Gasteiger partial charge in [0.15, 0.2) is 0 Å². The van der Waals surface area contributed by atoms with E-state index in [4.69, 9.17) is 16.3 Å². The monoisotopic (exact) mass is 352 g/mol. The summed E-state index contributed by atoms with van der Waals surface area (Å²) in [7, 11) is 1.72. The number of hydrogen-bond donors (Lipinski definition) is 0. The molecule has 1 nitrogen and oxygen atoms in total. The van der Waals surface area contributed by atoms with E-state index in [2.05, 4.69) is 41.1 Å². The Hall–Kier alpha value is -0.990. The van der Waals surface area contributed by atoms with Crippen molar-refractivity contribution >= 4 is 27.5 Å². The van der Waals surface area contributed by atoms with Crippen LogP contribution < -0.4 is 4.74 Å². The van der Waals surface area contributed by atoms with Crippen molar-refractivity contribution in [2.75, 3.05) is 12.4 Å². The van der Waals surface area contributed by atoms with Gasteiger partial charge in [0.25, 0.3) is 0 Å². The Morgan fingerprint density at radius 1 is 1.20 bits per heavy atom. The van der Waals surface area contributed by atoms with E-state index >= 15 is 0 Å². The molecule has 3 heteroatoms.